The van der Waals surface area contributed by atoms with Crippen LogP contribution < -0.4 is 15.5 Å². The Bertz CT molecular complexity index is 475. The highest BCUT2D eigenvalue weighted by atomic mass is 16.2. The van der Waals surface area contributed by atoms with Crippen LogP contribution in [0.5, 0.6) is 0 Å². The van der Waals surface area contributed by atoms with E-state index < -0.39 is 0 Å². The summed E-state index contributed by atoms with van der Waals surface area (Å²) in [7, 11) is 0. The van der Waals surface area contributed by atoms with Gasteiger partial charge < -0.3 is 15.5 Å². The van der Waals surface area contributed by atoms with Crippen LogP contribution in [-0.4, -0.2) is 41.6 Å². The van der Waals surface area contributed by atoms with Gasteiger partial charge in [0.25, 0.3) is 0 Å². The highest BCUT2D eigenvalue weighted by molar-refractivity contribution is 5.81. The Hall–Kier alpha value is -1.69. The number of hydrogen-bond acceptors (Lipinski definition) is 5. The van der Waals surface area contributed by atoms with Gasteiger partial charge in [0.05, 0.1) is 12.2 Å². The summed E-state index contributed by atoms with van der Waals surface area (Å²) in [5.41, 5.74) is 2.22. The van der Waals surface area contributed by atoms with Gasteiger partial charge in [0, 0.05) is 37.7 Å². The molecule has 1 aromatic heterocycles. The SMILES string of the molecule is CCN(CC(=O)NC(C)C)c1ncnc2c1CNCC2. The molecule has 1 aliphatic rings. The summed E-state index contributed by atoms with van der Waals surface area (Å²) >= 11 is 0. The number of hydrogen-bond donors (Lipinski definition) is 2. The van der Waals surface area contributed by atoms with Crippen molar-refractivity contribution >= 4 is 11.7 Å². The van der Waals surface area contributed by atoms with E-state index >= 15 is 0 Å². The summed E-state index contributed by atoms with van der Waals surface area (Å²) in [6, 6.07) is 0.155. The van der Waals surface area contributed by atoms with Crippen LogP contribution in [0.2, 0.25) is 0 Å². The molecular weight excluding hydrogens is 254 g/mol. The van der Waals surface area contributed by atoms with E-state index in [0.29, 0.717) is 6.54 Å². The number of rotatable bonds is 5. The van der Waals surface area contributed by atoms with Gasteiger partial charge in [-0.15, -0.1) is 0 Å². The predicted molar refractivity (Wildman–Crippen MR) is 78.6 cm³/mol. The minimum Gasteiger partial charge on any atom is -0.352 e. The number of carbonyl (C=O) groups excluding carboxylic acids is 1. The lowest BCUT2D eigenvalue weighted by atomic mass is 10.1. The minimum atomic E-state index is 0.0259. The van der Waals surface area contributed by atoms with E-state index in [1.165, 1.54) is 0 Å². The number of likely N-dealkylation sites (N-methyl/N-ethyl adjacent to an activating group) is 1. The van der Waals surface area contributed by atoms with Gasteiger partial charge >= 0.3 is 0 Å². The van der Waals surface area contributed by atoms with Crippen LogP contribution in [0.4, 0.5) is 5.82 Å². The molecule has 110 valence electrons. The molecule has 0 radical (unpaired) electrons. The number of anilines is 1. The monoisotopic (exact) mass is 277 g/mol. The number of carbonyl (C=O) groups is 1. The zero-order valence-electron chi connectivity index (χ0n) is 12.4. The van der Waals surface area contributed by atoms with E-state index in [4.69, 9.17) is 0 Å². The first-order chi connectivity index (χ1) is 9.61. The Kier molecular flexibility index (Phi) is 4.89. The average Bonchev–Trinajstić information content (AvgIpc) is 2.43. The summed E-state index contributed by atoms with van der Waals surface area (Å²) in [6.07, 6.45) is 2.52. The van der Waals surface area contributed by atoms with Crippen molar-refractivity contribution in [1.82, 2.24) is 20.6 Å². The van der Waals surface area contributed by atoms with E-state index in [1.54, 1.807) is 6.33 Å². The molecule has 2 N–H and O–H groups in total. The minimum absolute atomic E-state index is 0.0259. The Morgan fingerprint density at radius 1 is 1.50 bits per heavy atom. The number of nitrogens with zero attached hydrogens (tertiary/aromatic N) is 3. The average molecular weight is 277 g/mol. The highest BCUT2D eigenvalue weighted by Gasteiger charge is 2.20. The van der Waals surface area contributed by atoms with E-state index in [1.807, 2.05) is 25.7 Å². The van der Waals surface area contributed by atoms with Crippen molar-refractivity contribution in [3.05, 3.63) is 17.6 Å². The normalized spacial score (nSPS) is 14.0. The van der Waals surface area contributed by atoms with Gasteiger partial charge in [-0.2, -0.15) is 0 Å². The quantitative estimate of drug-likeness (QED) is 0.819. The molecule has 20 heavy (non-hydrogen) atoms. The van der Waals surface area contributed by atoms with Gasteiger partial charge in [-0.1, -0.05) is 0 Å². The molecule has 1 aromatic rings. The van der Waals surface area contributed by atoms with Crippen molar-refractivity contribution < 1.29 is 4.79 Å². The third-order valence-corrected chi connectivity index (χ3v) is 3.32. The zero-order valence-corrected chi connectivity index (χ0v) is 12.4. The Labute approximate surface area is 120 Å². The fourth-order valence-electron chi connectivity index (χ4n) is 2.40. The fourth-order valence-corrected chi connectivity index (χ4v) is 2.40. The largest absolute Gasteiger partial charge is 0.352 e. The van der Waals surface area contributed by atoms with Crippen molar-refractivity contribution in [3.8, 4) is 0 Å². The number of amides is 1. The second-order valence-corrected chi connectivity index (χ2v) is 5.29. The first-order valence-corrected chi connectivity index (χ1v) is 7.19. The van der Waals surface area contributed by atoms with Gasteiger partial charge in [-0.05, 0) is 20.8 Å². The summed E-state index contributed by atoms with van der Waals surface area (Å²) in [4.78, 5) is 22.7. The van der Waals surface area contributed by atoms with Crippen molar-refractivity contribution in [3.63, 3.8) is 0 Å². The maximum Gasteiger partial charge on any atom is 0.239 e. The number of aromatic nitrogens is 2. The molecule has 0 fully saturated rings. The lowest BCUT2D eigenvalue weighted by molar-refractivity contribution is -0.120. The molecule has 0 saturated carbocycles. The van der Waals surface area contributed by atoms with Gasteiger partial charge in [-0.25, -0.2) is 9.97 Å². The lowest BCUT2D eigenvalue weighted by Crippen LogP contribution is -2.41. The number of nitrogens with one attached hydrogen (secondary N) is 2. The van der Waals surface area contributed by atoms with E-state index in [-0.39, 0.29) is 11.9 Å². The van der Waals surface area contributed by atoms with E-state index in [2.05, 4.69) is 20.6 Å². The molecule has 6 nitrogen and oxygen atoms in total. The fraction of sp³-hybridized carbons (Fsp3) is 0.643. The Balaban J connectivity index is 2.17. The molecule has 1 aliphatic heterocycles. The smallest absolute Gasteiger partial charge is 0.239 e. The third-order valence-electron chi connectivity index (χ3n) is 3.32. The van der Waals surface area contributed by atoms with Crippen LogP contribution in [0.25, 0.3) is 0 Å². The van der Waals surface area contributed by atoms with E-state index in [0.717, 1.165) is 43.1 Å². The zero-order chi connectivity index (χ0) is 14.5. The molecule has 0 spiro atoms. The Morgan fingerprint density at radius 3 is 3.00 bits per heavy atom. The molecule has 0 atom stereocenters. The summed E-state index contributed by atoms with van der Waals surface area (Å²) in [5, 5.41) is 6.26. The predicted octanol–water partition coefficient (Wildman–Crippen LogP) is 0.473. The molecule has 6 heteroatoms. The standard InChI is InChI=1S/C14H23N5O/c1-4-19(8-13(20)18-10(2)3)14-11-7-15-6-5-12(11)16-9-17-14/h9-10,15H,4-8H2,1-3H3,(H,18,20). The van der Waals surface area contributed by atoms with E-state index in [9.17, 15) is 4.79 Å². The molecule has 0 aromatic carbocycles. The van der Waals surface area contributed by atoms with Gasteiger partial charge in [0.1, 0.15) is 12.1 Å². The molecule has 0 bridgehead atoms. The van der Waals surface area contributed by atoms with Crippen LogP contribution in [0.3, 0.4) is 0 Å². The van der Waals surface area contributed by atoms with Crippen molar-refractivity contribution in [1.29, 1.82) is 0 Å². The first kappa shape index (κ1) is 14.7. The van der Waals surface area contributed by atoms with Crippen molar-refractivity contribution in [2.45, 2.75) is 39.8 Å². The van der Waals surface area contributed by atoms with Crippen LogP contribution in [-0.2, 0) is 17.8 Å². The van der Waals surface area contributed by atoms with Crippen LogP contribution in [0.15, 0.2) is 6.33 Å². The highest BCUT2D eigenvalue weighted by Crippen LogP contribution is 2.22. The molecule has 0 saturated heterocycles. The van der Waals surface area contributed by atoms with Crippen LogP contribution in [0.1, 0.15) is 32.0 Å². The van der Waals surface area contributed by atoms with Crippen LogP contribution >= 0.6 is 0 Å². The van der Waals surface area contributed by atoms with Crippen molar-refractivity contribution in [2.75, 3.05) is 24.5 Å². The topological polar surface area (TPSA) is 70.2 Å². The molecular formula is C14H23N5O. The maximum absolute atomic E-state index is 12.0. The summed E-state index contributed by atoms with van der Waals surface area (Å²) in [6.45, 7) is 8.76. The third kappa shape index (κ3) is 3.45. The summed E-state index contributed by atoms with van der Waals surface area (Å²) < 4.78 is 0. The summed E-state index contributed by atoms with van der Waals surface area (Å²) in [5.74, 6) is 0.904. The van der Waals surface area contributed by atoms with Crippen LogP contribution in [0, 0.1) is 0 Å². The molecule has 2 heterocycles. The number of fused-ring (bicyclic) bond motifs is 1. The Morgan fingerprint density at radius 2 is 2.30 bits per heavy atom. The maximum atomic E-state index is 12.0. The second kappa shape index (κ2) is 6.65. The second-order valence-electron chi connectivity index (χ2n) is 5.29. The molecule has 0 unspecified atom stereocenters. The van der Waals surface area contributed by atoms with Gasteiger partial charge in [-0.3, -0.25) is 4.79 Å². The van der Waals surface area contributed by atoms with Gasteiger partial charge in [0.15, 0.2) is 0 Å². The van der Waals surface area contributed by atoms with Gasteiger partial charge in [0.2, 0.25) is 5.91 Å². The molecule has 0 aliphatic carbocycles. The first-order valence-electron chi connectivity index (χ1n) is 7.19. The molecule has 2 rings (SSSR count). The van der Waals surface area contributed by atoms with Crippen molar-refractivity contribution in [2.24, 2.45) is 0 Å². The molecule has 1 amide bonds. The lowest BCUT2D eigenvalue weighted by Gasteiger charge is -2.27.